The third-order valence-corrected chi connectivity index (χ3v) is 3.52. The second-order valence-electron chi connectivity index (χ2n) is 4.71. The van der Waals surface area contributed by atoms with E-state index in [0.29, 0.717) is 13.2 Å². The van der Waals surface area contributed by atoms with Crippen LogP contribution in [-0.4, -0.2) is 13.2 Å². The minimum Gasteiger partial charge on any atom is -0.311 e. The lowest BCUT2D eigenvalue weighted by Crippen LogP contribution is -1.91. The van der Waals surface area contributed by atoms with Gasteiger partial charge >= 0.3 is 8.25 Å². The van der Waals surface area contributed by atoms with Gasteiger partial charge in [0, 0.05) is 0 Å². The Kier molecular flexibility index (Phi) is 23.1. The molecule has 0 saturated carbocycles. The van der Waals surface area contributed by atoms with Gasteiger partial charge in [0.1, 0.15) is 0 Å². The Morgan fingerprint density at radius 1 is 0.632 bits per heavy atom. The van der Waals surface area contributed by atoms with E-state index in [-0.39, 0.29) is 0 Å². The zero-order valence-electron chi connectivity index (χ0n) is 13.5. The molecule has 0 rings (SSSR count). The highest BCUT2D eigenvalue weighted by Gasteiger charge is 1.98. The highest BCUT2D eigenvalue weighted by atomic mass is 31.1. The fourth-order valence-corrected chi connectivity index (χ4v) is 2.12. The summed E-state index contributed by atoms with van der Waals surface area (Å²) < 4.78 is 21.2. The van der Waals surface area contributed by atoms with Gasteiger partial charge in [-0.2, -0.15) is 0 Å². The summed E-state index contributed by atoms with van der Waals surface area (Å²) in [5.41, 5.74) is 0. The van der Waals surface area contributed by atoms with Crippen LogP contribution < -0.4 is 0 Å². The molecule has 0 bridgehead atoms. The van der Waals surface area contributed by atoms with E-state index in [0.717, 1.165) is 38.5 Å². The lowest BCUT2D eigenvalue weighted by molar-refractivity contribution is 0.219. The molecule has 0 aromatic rings. The summed E-state index contributed by atoms with van der Waals surface area (Å²) in [6.07, 6.45) is 10.6. The molecule has 0 aliphatic carbocycles. The van der Waals surface area contributed by atoms with Crippen LogP contribution in [0.2, 0.25) is 0 Å². The second kappa shape index (κ2) is 20.5. The summed E-state index contributed by atoms with van der Waals surface area (Å²) in [6.45, 7) is 9.82. The fourth-order valence-electron chi connectivity index (χ4n) is 1.41. The monoisotopic (exact) mass is 294 g/mol. The van der Waals surface area contributed by atoms with Crippen LogP contribution in [0.25, 0.3) is 0 Å². The van der Waals surface area contributed by atoms with Gasteiger partial charge in [0.2, 0.25) is 0 Å². The van der Waals surface area contributed by atoms with E-state index in [2.05, 4.69) is 27.7 Å². The average molecular weight is 294 g/mol. The Balaban J connectivity index is 0. The number of unbranched alkanes of at least 4 members (excludes halogenated alkanes) is 6. The molecule has 0 fully saturated rings. The standard InChI is InChI=1S/C10H23O3P.C5H12/c1-3-5-7-9-12-14(11)13-10-8-6-4-2;1-3-5-4-2/h14H,3-10H2,1-2H3;3-5H2,1-2H3. The van der Waals surface area contributed by atoms with Crippen molar-refractivity contribution in [1.82, 2.24) is 0 Å². The molecule has 0 heterocycles. The number of hydrogen-bond acceptors (Lipinski definition) is 3. The number of hydrogen-bond donors (Lipinski definition) is 0. The van der Waals surface area contributed by atoms with Gasteiger partial charge in [-0.15, -0.1) is 0 Å². The summed E-state index contributed by atoms with van der Waals surface area (Å²) in [6, 6.07) is 0. The fraction of sp³-hybridized carbons (Fsp3) is 1.00. The van der Waals surface area contributed by atoms with Gasteiger partial charge < -0.3 is 9.05 Å². The van der Waals surface area contributed by atoms with E-state index >= 15 is 0 Å². The molecule has 0 aliphatic heterocycles. The molecule has 19 heavy (non-hydrogen) atoms. The molecule has 0 N–H and O–H groups in total. The average Bonchev–Trinajstić information content (AvgIpc) is 2.41. The SMILES string of the molecule is CCCCC.CCCCCO[PH](=O)OCCCCC. The third-order valence-electron chi connectivity index (χ3n) is 2.64. The smallest absolute Gasteiger partial charge is 0.311 e. The minimum atomic E-state index is -2.20. The van der Waals surface area contributed by atoms with Crippen molar-refractivity contribution in [2.75, 3.05) is 13.2 Å². The Labute approximate surface area is 121 Å². The molecule has 0 spiro atoms. The van der Waals surface area contributed by atoms with Crippen LogP contribution in [0, 0.1) is 0 Å². The minimum absolute atomic E-state index is 0.569. The molecule has 0 aromatic heterocycles. The van der Waals surface area contributed by atoms with Crippen LogP contribution in [0.1, 0.15) is 85.5 Å². The Bertz CT molecular complexity index is 159. The summed E-state index contributed by atoms with van der Waals surface area (Å²) in [7, 11) is -2.20. The van der Waals surface area contributed by atoms with E-state index in [1.54, 1.807) is 0 Å². The number of rotatable bonds is 12. The molecule has 0 amide bonds. The van der Waals surface area contributed by atoms with Crippen molar-refractivity contribution in [2.45, 2.75) is 85.5 Å². The van der Waals surface area contributed by atoms with E-state index in [1.165, 1.54) is 19.3 Å². The van der Waals surface area contributed by atoms with Gasteiger partial charge in [-0.1, -0.05) is 72.6 Å². The van der Waals surface area contributed by atoms with Crippen LogP contribution in [0.5, 0.6) is 0 Å². The normalized spacial score (nSPS) is 10.4. The van der Waals surface area contributed by atoms with Gasteiger partial charge in [-0.3, -0.25) is 4.57 Å². The summed E-state index contributed by atoms with van der Waals surface area (Å²) in [4.78, 5) is 0. The zero-order valence-corrected chi connectivity index (χ0v) is 14.5. The van der Waals surface area contributed by atoms with Crippen molar-refractivity contribution in [3.8, 4) is 0 Å². The van der Waals surface area contributed by atoms with E-state index in [1.807, 2.05) is 0 Å². The van der Waals surface area contributed by atoms with E-state index < -0.39 is 8.25 Å². The topological polar surface area (TPSA) is 35.5 Å². The van der Waals surface area contributed by atoms with Crippen LogP contribution in [0.3, 0.4) is 0 Å². The molecule has 0 aliphatic rings. The first-order chi connectivity index (χ1) is 9.22. The molecular weight excluding hydrogens is 259 g/mol. The van der Waals surface area contributed by atoms with E-state index in [9.17, 15) is 4.57 Å². The van der Waals surface area contributed by atoms with Crippen molar-refractivity contribution >= 4 is 8.25 Å². The highest BCUT2D eigenvalue weighted by Crippen LogP contribution is 2.24. The first kappa shape index (κ1) is 21.4. The Hall–Kier alpha value is 0.150. The summed E-state index contributed by atoms with van der Waals surface area (Å²) in [5, 5.41) is 0. The molecule has 0 unspecified atom stereocenters. The molecule has 0 aromatic carbocycles. The van der Waals surface area contributed by atoms with Crippen LogP contribution >= 0.6 is 8.25 Å². The third kappa shape index (κ3) is 23.6. The molecular formula is C15H35O3P. The molecule has 0 saturated heterocycles. The van der Waals surface area contributed by atoms with Crippen molar-refractivity contribution in [3.63, 3.8) is 0 Å². The molecule has 3 nitrogen and oxygen atoms in total. The predicted molar refractivity (Wildman–Crippen MR) is 85.2 cm³/mol. The zero-order chi connectivity index (χ0) is 14.8. The van der Waals surface area contributed by atoms with Gasteiger partial charge in [0.15, 0.2) is 0 Å². The van der Waals surface area contributed by atoms with Gasteiger partial charge in [-0.25, -0.2) is 0 Å². The Morgan fingerprint density at radius 2 is 1.00 bits per heavy atom. The summed E-state index contributed by atoms with van der Waals surface area (Å²) in [5.74, 6) is 0. The maximum atomic E-state index is 11.1. The van der Waals surface area contributed by atoms with Gasteiger partial charge in [-0.05, 0) is 12.8 Å². The van der Waals surface area contributed by atoms with Gasteiger partial charge in [0.25, 0.3) is 0 Å². The lowest BCUT2D eigenvalue weighted by atomic mass is 10.3. The van der Waals surface area contributed by atoms with Crippen molar-refractivity contribution in [3.05, 3.63) is 0 Å². The summed E-state index contributed by atoms with van der Waals surface area (Å²) >= 11 is 0. The molecule has 0 atom stereocenters. The predicted octanol–water partition coefficient (Wildman–Crippen LogP) is 5.99. The molecule has 0 radical (unpaired) electrons. The first-order valence-corrected chi connectivity index (χ1v) is 9.24. The maximum absolute atomic E-state index is 11.1. The Morgan fingerprint density at radius 3 is 1.26 bits per heavy atom. The highest BCUT2D eigenvalue weighted by molar-refractivity contribution is 7.33. The largest absolute Gasteiger partial charge is 0.319 e. The van der Waals surface area contributed by atoms with Crippen molar-refractivity contribution < 1.29 is 13.6 Å². The van der Waals surface area contributed by atoms with Crippen LogP contribution in [0.4, 0.5) is 0 Å². The van der Waals surface area contributed by atoms with Crippen molar-refractivity contribution in [1.29, 1.82) is 0 Å². The first-order valence-electron chi connectivity index (χ1n) is 8.02. The molecule has 4 heteroatoms. The van der Waals surface area contributed by atoms with Crippen LogP contribution in [-0.2, 0) is 13.6 Å². The maximum Gasteiger partial charge on any atom is 0.319 e. The van der Waals surface area contributed by atoms with Crippen molar-refractivity contribution in [2.24, 2.45) is 0 Å². The quantitative estimate of drug-likeness (QED) is 0.328. The van der Waals surface area contributed by atoms with Crippen LogP contribution in [0.15, 0.2) is 0 Å². The van der Waals surface area contributed by atoms with Gasteiger partial charge in [0.05, 0.1) is 13.2 Å². The second-order valence-corrected chi connectivity index (χ2v) is 5.79. The molecule has 118 valence electrons. The van der Waals surface area contributed by atoms with E-state index in [4.69, 9.17) is 9.05 Å². The lowest BCUT2D eigenvalue weighted by Gasteiger charge is -2.04.